The molecule has 0 aliphatic carbocycles. The number of hydrogen-bond donors (Lipinski definition) is 1. The van der Waals surface area contributed by atoms with Crippen LogP contribution in [-0.2, 0) is 12.7 Å². The van der Waals surface area contributed by atoms with E-state index < -0.39 is 17.6 Å². The van der Waals surface area contributed by atoms with Crippen LogP contribution in [0.2, 0.25) is 0 Å². The number of hydrogen-bond acceptors (Lipinski definition) is 3. The minimum absolute atomic E-state index is 0.0192. The Morgan fingerprint density at radius 1 is 1.35 bits per heavy atom. The van der Waals surface area contributed by atoms with E-state index in [1.807, 2.05) is 0 Å². The normalized spacial score (nSPS) is 11.4. The fourth-order valence-electron chi connectivity index (χ4n) is 1.60. The molecule has 0 unspecified atom stereocenters. The molecule has 1 aromatic carbocycles. The van der Waals surface area contributed by atoms with Crippen LogP contribution in [0.3, 0.4) is 0 Å². The molecular formula is C13H11F3N2O2. The molecule has 7 heteroatoms. The summed E-state index contributed by atoms with van der Waals surface area (Å²) in [6, 6.07) is 6.22. The Hall–Kier alpha value is -2.31. The van der Waals surface area contributed by atoms with Crippen LogP contribution in [0.15, 0.2) is 34.9 Å². The molecule has 1 aromatic heterocycles. The second-order valence-corrected chi connectivity index (χ2v) is 4.20. The van der Waals surface area contributed by atoms with Gasteiger partial charge in [0.05, 0.1) is 5.56 Å². The van der Waals surface area contributed by atoms with Crippen molar-refractivity contribution in [2.45, 2.75) is 19.6 Å². The number of carbonyl (C=O) groups excluding carboxylic acids is 1. The van der Waals surface area contributed by atoms with Gasteiger partial charge in [0, 0.05) is 12.6 Å². The first-order valence-electron chi connectivity index (χ1n) is 5.74. The Morgan fingerprint density at radius 3 is 2.70 bits per heavy atom. The summed E-state index contributed by atoms with van der Waals surface area (Å²) < 4.78 is 42.3. The van der Waals surface area contributed by atoms with Crippen LogP contribution in [0.1, 0.15) is 27.4 Å². The fraction of sp³-hybridized carbons (Fsp3) is 0.231. The van der Waals surface area contributed by atoms with Gasteiger partial charge in [0.25, 0.3) is 5.91 Å². The quantitative estimate of drug-likeness (QED) is 0.942. The van der Waals surface area contributed by atoms with Crippen molar-refractivity contribution >= 4 is 5.91 Å². The van der Waals surface area contributed by atoms with Crippen molar-refractivity contribution in [3.8, 4) is 0 Å². The van der Waals surface area contributed by atoms with Gasteiger partial charge in [-0.05, 0) is 24.6 Å². The summed E-state index contributed by atoms with van der Waals surface area (Å²) in [6.45, 7) is 1.62. The predicted molar refractivity (Wildman–Crippen MR) is 63.9 cm³/mol. The van der Waals surface area contributed by atoms with Gasteiger partial charge in [0.1, 0.15) is 5.76 Å². The summed E-state index contributed by atoms with van der Waals surface area (Å²) in [5.41, 5.74) is -0.301. The van der Waals surface area contributed by atoms with Gasteiger partial charge < -0.3 is 9.84 Å². The number of benzene rings is 1. The van der Waals surface area contributed by atoms with Gasteiger partial charge in [-0.1, -0.05) is 17.3 Å². The molecule has 0 atom stereocenters. The number of nitrogens with zero attached hydrogens (tertiary/aromatic N) is 1. The highest BCUT2D eigenvalue weighted by atomic mass is 19.4. The van der Waals surface area contributed by atoms with Crippen molar-refractivity contribution in [1.29, 1.82) is 0 Å². The minimum atomic E-state index is -4.40. The topological polar surface area (TPSA) is 55.1 Å². The molecule has 0 saturated carbocycles. The molecule has 1 N–H and O–H groups in total. The van der Waals surface area contributed by atoms with Gasteiger partial charge >= 0.3 is 6.18 Å². The lowest BCUT2D eigenvalue weighted by Crippen LogP contribution is -2.23. The summed E-state index contributed by atoms with van der Waals surface area (Å²) in [6.07, 6.45) is -4.40. The maximum absolute atomic E-state index is 12.5. The second-order valence-electron chi connectivity index (χ2n) is 4.20. The molecule has 2 aromatic rings. The van der Waals surface area contributed by atoms with Crippen LogP contribution in [0.5, 0.6) is 0 Å². The number of nitrogens with one attached hydrogen (secondary N) is 1. The van der Waals surface area contributed by atoms with Gasteiger partial charge in [-0.2, -0.15) is 13.2 Å². The molecule has 106 valence electrons. The molecule has 0 radical (unpaired) electrons. The third-order valence-corrected chi connectivity index (χ3v) is 2.57. The highest BCUT2D eigenvalue weighted by Gasteiger charge is 2.30. The zero-order valence-electron chi connectivity index (χ0n) is 10.5. The molecule has 0 aliphatic rings. The highest BCUT2D eigenvalue weighted by molar-refractivity contribution is 5.92. The summed E-state index contributed by atoms with van der Waals surface area (Å²) in [5.74, 6) is -0.0199. The Labute approximate surface area is 112 Å². The predicted octanol–water partition coefficient (Wildman–Crippen LogP) is 2.93. The Balaban J connectivity index is 2.02. The van der Waals surface area contributed by atoms with Gasteiger partial charge in [-0.15, -0.1) is 0 Å². The first-order valence-corrected chi connectivity index (χ1v) is 5.74. The summed E-state index contributed by atoms with van der Waals surface area (Å²) in [5, 5.41) is 6.00. The Morgan fingerprint density at radius 2 is 2.10 bits per heavy atom. The first-order chi connectivity index (χ1) is 9.36. The molecule has 4 nitrogen and oxygen atoms in total. The van der Waals surface area contributed by atoms with E-state index in [0.29, 0.717) is 11.3 Å². The molecule has 0 fully saturated rings. The first kappa shape index (κ1) is 14.1. The van der Waals surface area contributed by atoms with Gasteiger partial charge in [-0.3, -0.25) is 4.79 Å². The van der Waals surface area contributed by atoms with E-state index in [1.54, 1.807) is 6.92 Å². The average molecular weight is 284 g/mol. The van der Waals surface area contributed by atoms with Crippen LogP contribution < -0.4 is 5.32 Å². The number of rotatable bonds is 3. The maximum Gasteiger partial charge on any atom is 0.416 e. The molecule has 0 spiro atoms. The Kier molecular flexibility index (Phi) is 3.78. The number of carbonyl (C=O) groups is 1. The van der Waals surface area contributed by atoms with Gasteiger partial charge in [-0.25, -0.2) is 0 Å². The molecule has 1 amide bonds. The van der Waals surface area contributed by atoms with Crippen molar-refractivity contribution in [2.24, 2.45) is 0 Å². The van der Waals surface area contributed by atoms with Crippen LogP contribution >= 0.6 is 0 Å². The van der Waals surface area contributed by atoms with Crippen LogP contribution in [0.25, 0.3) is 0 Å². The Bertz CT molecular complexity index is 620. The fourth-order valence-corrected chi connectivity index (χ4v) is 1.60. The SMILES string of the molecule is Cc1cc(C(=O)NCc2cccc(C(F)(F)F)c2)no1. The van der Waals surface area contributed by atoms with Gasteiger partial charge in [0.2, 0.25) is 0 Å². The van der Waals surface area contributed by atoms with E-state index in [9.17, 15) is 18.0 Å². The van der Waals surface area contributed by atoms with E-state index in [4.69, 9.17) is 4.52 Å². The minimum Gasteiger partial charge on any atom is -0.361 e. The second kappa shape index (κ2) is 5.36. The number of aromatic nitrogens is 1. The van der Waals surface area contributed by atoms with Crippen molar-refractivity contribution < 1.29 is 22.5 Å². The summed E-state index contributed by atoms with van der Waals surface area (Å²) in [4.78, 5) is 11.7. The molecule has 0 aliphatic heterocycles. The molecule has 1 heterocycles. The smallest absolute Gasteiger partial charge is 0.361 e. The molecule has 0 saturated heterocycles. The number of aryl methyl sites for hydroxylation is 1. The number of amides is 1. The van der Waals surface area contributed by atoms with Gasteiger partial charge in [0.15, 0.2) is 5.69 Å². The average Bonchev–Trinajstić information content (AvgIpc) is 2.82. The van der Waals surface area contributed by atoms with Crippen LogP contribution in [-0.4, -0.2) is 11.1 Å². The van der Waals surface area contributed by atoms with E-state index >= 15 is 0 Å². The van der Waals surface area contributed by atoms with E-state index in [1.165, 1.54) is 18.2 Å². The van der Waals surface area contributed by atoms with E-state index in [0.717, 1.165) is 12.1 Å². The lowest BCUT2D eigenvalue weighted by Gasteiger charge is -2.09. The summed E-state index contributed by atoms with van der Waals surface area (Å²) in [7, 11) is 0. The molecule has 0 bridgehead atoms. The number of halogens is 3. The third kappa shape index (κ3) is 3.37. The van der Waals surface area contributed by atoms with E-state index in [-0.39, 0.29) is 12.2 Å². The largest absolute Gasteiger partial charge is 0.416 e. The third-order valence-electron chi connectivity index (χ3n) is 2.57. The monoisotopic (exact) mass is 284 g/mol. The van der Waals surface area contributed by atoms with E-state index in [2.05, 4.69) is 10.5 Å². The summed E-state index contributed by atoms with van der Waals surface area (Å²) >= 11 is 0. The maximum atomic E-state index is 12.5. The van der Waals surface area contributed by atoms with Crippen LogP contribution in [0, 0.1) is 6.92 Å². The molecule has 20 heavy (non-hydrogen) atoms. The lowest BCUT2D eigenvalue weighted by molar-refractivity contribution is -0.137. The van der Waals surface area contributed by atoms with Crippen molar-refractivity contribution in [3.05, 3.63) is 52.9 Å². The van der Waals surface area contributed by atoms with Crippen molar-refractivity contribution in [3.63, 3.8) is 0 Å². The highest BCUT2D eigenvalue weighted by Crippen LogP contribution is 2.29. The lowest BCUT2D eigenvalue weighted by atomic mass is 10.1. The zero-order valence-corrected chi connectivity index (χ0v) is 10.5. The zero-order chi connectivity index (χ0) is 14.8. The standard InChI is InChI=1S/C13H11F3N2O2/c1-8-5-11(18-20-8)12(19)17-7-9-3-2-4-10(6-9)13(14,15)16/h2-6H,7H2,1H3,(H,17,19). The molecule has 2 rings (SSSR count). The van der Waals surface area contributed by atoms with Crippen molar-refractivity contribution in [1.82, 2.24) is 10.5 Å². The van der Waals surface area contributed by atoms with Crippen molar-refractivity contribution in [2.75, 3.05) is 0 Å². The number of alkyl halides is 3. The molecular weight excluding hydrogens is 273 g/mol. The van der Waals surface area contributed by atoms with Crippen LogP contribution in [0.4, 0.5) is 13.2 Å².